The highest BCUT2D eigenvalue weighted by atomic mass is 35.5. The summed E-state index contributed by atoms with van der Waals surface area (Å²) in [5.74, 6) is 2.68. The van der Waals surface area contributed by atoms with Crippen LogP contribution in [0.25, 0.3) is 0 Å². The summed E-state index contributed by atoms with van der Waals surface area (Å²) in [7, 11) is 4.82. The molecule has 2 N–H and O–H groups in total. The minimum Gasteiger partial charge on any atom is -0.496 e. The second-order valence-electron chi connectivity index (χ2n) is 5.88. The lowest BCUT2D eigenvalue weighted by Gasteiger charge is -2.14. The van der Waals surface area contributed by atoms with Gasteiger partial charge in [0.25, 0.3) is 0 Å². The van der Waals surface area contributed by atoms with Gasteiger partial charge in [-0.1, -0.05) is 17.7 Å². The number of ether oxygens (including phenoxy) is 3. The van der Waals surface area contributed by atoms with Gasteiger partial charge in [0.1, 0.15) is 10.9 Å². The molecule has 0 unspecified atom stereocenters. The van der Waals surface area contributed by atoms with Crippen LogP contribution in [-0.4, -0.2) is 45.4 Å². The van der Waals surface area contributed by atoms with Crippen LogP contribution in [-0.2, 0) is 13.0 Å². The summed E-state index contributed by atoms with van der Waals surface area (Å²) in [6.45, 7) is 3.94. The fourth-order valence-electron chi connectivity index (χ4n) is 2.60. The van der Waals surface area contributed by atoms with Crippen molar-refractivity contribution in [1.82, 2.24) is 15.6 Å². The van der Waals surface area contributed by atoms with Crippen LogP contribution in [0, 0.1) is 0 Å². The molecule has 0 aliphatic heterocycles. The maximum absolute atomic E-state index is 5.82. The fraction of sp³-hybridized carbons (Fsp3) is 0.400. The van der Waals surface area contributed by atoms with Gasteiger partial charge in [-0.15, -0.1) is 0 Å². The number of nitrogens with zero attached hydrogens (tertiary/aromatic N) is 2. The van der Waals surface area contributed by atoms with Crippen LogP contribution >= 0.6 is 11.6 Å². The van der Waals surface area contributed by atoms with Gasteiger partial charge in [-0.05, 0) is 31.0 Å². The molecule has 2 aromatic rings. The summed E-state index contributed by atoms with van der Waals surface area (Å²) < 4.78 is 16.2. The van der Waals surface area contributed by atoms with Crippen LogP contribution in [0.2, 0.25) is 5.15 Å². The second kappa shape index (κ2) is 11.2. The molecule has 152 valence electrons. The molecule has 0 fully saturated rings. The number of halogens is 1. The third-order valence-electron chi connectivity index (χ3n) is 4.03. The van der Waals surface area contributed by atoms with E-state index in [9.17, 15) is 0 Å². The number of benzene rings is 1. The highest BCUT2D eigenvalue weighted by molar-refractivity contribution is 6.29. The maximum Gasteiger partial charge on any atom is 0.191 e. The van der Waals surface area contributed by atoms with Crippen LogP contribution in [0.15, 0.2) is 35.5 Å². The predicted octanol–water partition coefficient (Wildman–Crippen LogP) is 3.06. The van der Waals surface area contributed by atoms with E-state index in [0.717, 1.165) is 36.6 Å². The van der Waals surface area contributed by atoms with E-state index >= 15 is 0 Å². The molecule has 7 nitrogen and oxygen atoms in total. The molecular formula is C20H27ClN4O3. The Labute approximate surface area is 171 Å². The largest absolute Gasteiger partial charge is 0.496 e. The molecule has 1 aromatic carbocycles. The summed E-state index contributed by atoms with van der Waals surface area (Å²) in [6.07, 6.45) is 2.59. The quantitative estimate of drug-likeness (QED) is 0.378. The lowest BCUT2D eigenvalue weighted by molar-refractivity contribution is 0.347. The molecule has 8 heteroatoms. The number of aromatic nitrogens is 1. The summed E-state index contributed by atoms with van der Waals surface area (Å²) in [5, 5.41) is 7.06. The smallest absolute Gasteiger partial charge is 0.191 e. The van der Waals surface area contributed by atoms with Crippen molar-refractivity contribution in [3.05, 3.63) is 46.7 Å². The Bertz CT molecular complexity index is 782. The predicted molar refractivity (Wildman–Crippen MR) is 112 cm³/mol. The molecule has 0 saturated carbocycles. The third-order valence-corrected chi connectivity index (χ3v) is 4.26. The average molecular weight is 407 g/mol. The number of aliphatic imine (C=N–C) groups is 1. The number of hydrogen-bond acceptors (Lipinski definition) is 5. The summed E-state index contributed by atoms with van der Waals surface area (Å²) in [4.78, 5) is 8.74. The average Bonchev–Trinajstić information content (AvgIpc) is 2.72. The van der Waals surface area contributed by atoms with Crippen LogP contribution in [0.4, 0.5) is 0 Å². The first-order valence-electron chi connectivity index (χ1n) is 9.02. The first-order chi connectivity index (χ1) is 13.6. The van der Waals surface area contributed by atoms with Crippen LogP contribution < -0.4 is 24.8 Å². The molecule has 0 bridgehead atoms. The zero-order chi connectivity index (χ0) is 20.4. The SMILES string of the molecule is CCNC(=NCc1cc(OC)c(OC)cc1OC)NCCc1ccc(Cl)nc1. The normalized spacial score (nSPS) is 11.1. The van der Waals surface area contributed by atoms with Crippen LogP contribution in [0.3, 0.4) is 0 Å². The van der Waals surface area contributed by atoms with Crippen LogP contribution in [0.5, 0.6) is 17.2 Å². The molecule has 0 aliphatic rings. The summed E-state index contributed by atoms with van der Waals surface area (Å²) in [5.41, 5.74) is 2.01. The Morgan fingerprint density at radius 1 is 1.04 bits per heavy atom. The molecule has 0 atom stereocenters. The molecule has 0 radical (unpaired) electrons. The molecule has 28 heavy (non-hydrogen) atoms. The van der Waals surface area contributed by atoms with Crippen LogP contribution in [0.1, 0.15) is 18.1 Å². The number of hydrogen-bond donors (Lipinski definition) is 2. The van der Waals surface area contributed by atoms with E-state index < -0.39 is 0 Å². The van der Waals surface area contributed by atoms with Crippen molar-refractivity contribution in [3.8, 4) is 17.2 Å². The van der Waals surface area contributed by atoms with Gasteiger partial charge in [-0.25, -0.2) is 9.98 Å². The molecule has 2 rings (SSSR count). The van der Waals surface area contributed by atoms with E-state index in [2.05, 4.69) is 20.6 Å². The van der Waals surface area contributed by atoms with Crippen molar-refractivity contribution in [2.24, 2.45) is 4.99 Å². The van der Waals surface area contributed by atoms with Crippen molar-refractivity contribution in [2.75, 3.05) is 34.4 Å². The molecule has 0 aliphatic carbocycles. The lowest BCUT2D eigenvalue weighted by Crippen LogP contribution is -2.38. The standard InChI is InChI=1S/C20H27ClN4O3/c1-5-22-20(23-9-8-14-6-7-19(21)24-12-14)25-13-15-10-17(27-3)18(28-4)11-16(15)26-2/h6-7,10-12H,5,8-9,13H2,1-4H3,(H2,22,23,25). The van der Waals surface area contributed by atoms with Gasteiger partial charge < -0.3 is 24.8 Å². The second-order valence-corrected chi connectivity index (χ2v) is 6.27. The van der Waals surface area contributed by atoms with Gasteiger partial charge in [-0.3, -0.25) is 0 Å². The minimum atomic E-state index is 0.432. The van der Waals surface area contributed by atoms with Crippen molar-refractivity contribution in [3.63, 3.8) is 0 Å². The van der Waals surface area contributed by atoms with Crippen molar-refractivity contribution in [1.29, 1.82) is 0 Å². The van der Waals surface area contributed by atoms with Gasteiger partial charge in [0, 0.05) is 30.9 Å². The van der Waals surface area contributed by atoms with Crippen molar-refractivity contribution in [2.45, 2.75) is 19.9 Å². The first-order valence-corrected chi connectivity index (χ1v) is 9.40. The Morgan fingerprint density at radius 3 is 2.36 bits per heavy atom. The van der Waals surface area contributed by atoms with E-state index in [1.165, 1.54) is 0 Å². The molecule has 1 aromatic heterocycles. The van der Waals surface area contributed by atoms with Crippen molar-refractivity contribution >= 4 is 17.6 Å². The monoisotopic (exact) mass is 406 g/mol. The minimum absolute atomic E-state index is 0.432. The van der Waals surface area contributed by atoms with E-state index in [0.29, 0.717) is 28.9 Å². The molecule has 0 saturated heterocycles. The lowest BCUT2D eigenvalue weighted by atomic mass is 10.1. The maximum atomic E-state index is 5.82. The Kier molecular flexibility index (Phi) is 8.68. The highest BCUT2D eigenvalue weighted by Gasteiger charge is 2.11. The molecular weight excluding hydrogens is 380 g/mol. The first kappa shape index (κ1) is 21.6. The van der Waals surface area contributed by atoms with Gasteiger partial charge in [0.15, 0.2) is 17.5 Å². The van der Waals surface area contributed by atoms with E-state index in [1.807, 2.05) is 19.1 Å². The number of nitrogens with one attached hydrogen (secondary N) is 2. The van der Waals surface area contributed by atoms with Gasteiger partial charge in [-0.2, -0.15) is 0 Å². The van der Waals surface area contributed by atoms with Gasteiger partial charge in [0.2, 0.25) is 0 Å². The van der Waals surface area contributed by atoms with E-state index in [1.54, 1.807) is 39.7 Å². The molecule has 0 spiro atoms. The number of pyridine rings is 1. The highest BCUT2D eigenvalue weighted by Crippen LogP contribution is 2.34. The van der Waals surface area contributed by atoms with Crippen molar-refractivity contribution < 1.29 is 14.2 Å². The zero-order valence-corrected chi connectivity index (χ0v) is 17.5. The Hall–Kier alpha value is -2.67. The Balaban J connectivity index is 2.05. The number of rotatable bonds is 9. The molecule has 1 heterocycles. The van der Waals surface area contributed by atoms with E-state index in [4.69, 9.17) is 25.8 Å². The third kappa shape index (κ3) is 6.20. The fourth-order valence-corrected chi connectivity index (χ4v) is 2.71. The number of methoxy groups -OCH3 is 3. The van der Waals surface area contributed by atoms with E-state index in [-0.39, 0.29) is 0 Å². The summed E-state index contributed by atoms with van der Waals surface area (Å²) >= 11 is 5.82. The molecule has 0 amide bonds. The number of guanidine groups is 1. The topological polar surface area (TPSA) is 77.0 Å². The Morgan fingerprint density at radius 2 is 1.75 bits per heavy atom. The van der Waals surface area contributed by atoms with Gasteiger partial charge >= 0.3 is 0 Å². The zero-order valence-electron chi connectivity index (χ0n) is 16.7. The summed E-state index contributed by atoms with van der Waals surface area (Å²) in [6, 6.07) is 7.44. The van der Waals surface area contributed by atoms with Gasteiger partial charge in [0.05, 0.1) is 27.9 Å².